The summed E-state index contributed by atoms with van der Waals surface area (Å²) in [5, 5.41) is 3.06. The van der Waals surface area contributed by atoms with E-state index in [0.29, 0.717) is 5.56 Å². The molecule has 2 aromatic carbocycles. The molecule has 2 nitrogen and oxygen atoms in total. The van der Waals surface area contributed by atoms with E-state index in [1.165, 1.54) is 5.56 Å². The molecule has 0 fully saturated rings. The molecule has 0 aromatic heterocycles. The summed E-state index contributed by atoms with van der Waals surface area (Å²) < 4.78 is 0.935. The maximum Gasteiger partial charge on any atom is 0.251 e. The van der Waals surface area contributed by atoms with Gasteiger partial charge in [-0.2, -0.15) is 0 Å². The summed E-state index contributed by atoms with van der Waals surface area (Å²) >= 11 is 3.43. The van der Waals surface area contributed by atoms with Gasteiger partial charge in [0.15, 0.2) is 0 Å². The van der Waals surface area contributed by atoms with Crippen LogP contribution in [0.4, 0.5) is 0 Å². The maximum absolute atomic E-state index is 12.2. The van der Waals surface area contributed by atoms with Gasteiger partial charge >= 0.3 is 0 Å². The number of aryl methyl sites for hydroxylation is 2. The van der Waals surface area contributed by atoms with E-state index in [4.69, 9.17) is 0 Å². The van der Waals surface area contributed by atoms with E-state index in [-0.39, 0.29) is 11.9 Å². The molecule has 0 heterocycles. The molecule has 0 bridgehead atoms. The monoisotopic (exact) mass is 345 g/mol. The van der Waals surface area contributed by atoms with Crippen LogP contribution in [0.15, 0.2) is 53.0 Å². The van der Waals surface area contributed by atoms with Gasteiger partial charge in [0.2, 0.25) is 0 Å². The number of rotatable bonds is 5. The predicted molar refractivity (Wildman–Crippen MR) is 90.6 cm³/mol. The summed E-state index contributed by atoms with van der Waals surface area (Å²) in [7, 11) is 0. The molecule has 2 rings (SSSR count). The van der Waals surface area contributed by atoms with E-state index < -0.39 is 0 Å². The first-order valence-corrected chi connectivity index (χ1v) is 7.96. The smallest absolute Gasteiger partial charge is 0.251 e. The highest BCUT2D eigenvalue weighted by atomic mass is 79.9. The van der Waals surface area contributed by atoms with E-state index in [2.05, 4.69) is 33.4 Å². The van der Waals surface area contributed by atoms with Gasteiger partial charge in [-0.15, -0.1) is 0 Å². The molecule has 1 N–H and O–H groups in total. The Bertz CT molecular complexity index is 590. The van der Waals surface area contributed by atoms with Crippen molar-refractivity contribution in [3.05, 3.63) is 69.7 Å². The van der Waals surface area contributed by atoms with Crippen LogP contribution in [0.3, 0.4) is 0 Å². The van der Waals surface area contributed by atoms with Gasteiger partial charge in [0.25, 0.3) is 5.91 Å². The van der Waals surface area contributed by atoms with E-state index in [1.54, 1.807) is 0 Å². The van der Waals surface area contributed by atoms with Gasteiger partial charge in [-0.1, -0.05) is 46.3 Å². The fourth-order valence-electron chi connectivity index (χ4n) is 2.27. The molecule has 0 aliphatic heterocycles. The van der Waals surface area contributed by atoms with Gasteiger partial charge in [0.1, 0.15) is 0 Å². The fourth-order valence-corrected chi connectivity index (χ4v) is 2.88. The Morgan fingerprint density at radius 1 is 1.19 bits per heavy atom. The van der Waals surface area contributed by atoms with E-state index in [9.17, 15) is 4.79 Å². The fraction of sp³-hybridized carbons (Fsp3) is 0.278. The molecule has 1 amide bonds. The molecule has 1 atom stereocenters. The lowest BCUT2D eigenvalue weighted by Gasteiger charge is -2.14. The number of hydrogen-bond acceptors (Lipinski definition) is 1. The first-order chi connectivity index (χ1) is 10.0. The third-order valence-corrected chi connectivity index (χ3v) is 3.85. The number of carbonyl (C=O) groups excluding carboxylic acids is 1. The molecule has 0 spiro atoms. The van der Waals surface area contributed by atoms with Crippen molar-refractivity contribution in [1.29, 1.82) is 0 Å². The zero-order valence-corrected chi connectivity index (χ0v) is 14.0. The van der Waals surface area contributed by atoms with Crippen molar-refractivity contribution in [2.45, 2.75) is 32.7 Å². The minimum atomic E-state index is -0.0139. The summed E-state index contributed by atoms with van der Waals surface area (Å²) in [6.07, 6.45) is 1.91. The van der Waals surface area contributed by atoms with Gasteiger partial charge in [0.05, 0.1) is 0 Å². The second kappa shape index (κ2) is 7.41. The number of halogens is 1. The SMILES string of the molecule is Cc1cc(Br)cc(C(=O)NC(C)CCc2ccccc2)c1. The van der Waals surface area contributed by atoms with Crippen LogP contribution in [-0.2, 0) is 6.42 Å². The van der Waals surface area contributed by atoms with Crippen LogP contribution >= 0.6 is 15.9 Å². The second-order valence-corrected chi connectivity index (χ2v) is 6.33. The van der Waals surface area contributed by atoms with Crippen molar-refractivity contribution >= 4 is 21.8 Å². The van der Waals surface area contributed by atoms with E-state index in [1.807, 2.05) is 50.2 Å². The van der Waals surface area contributed by atoms with Crippen LogP contribution in [0.2, 0.25) is 0 Å². The Hall–Kier alpha value is -1.61. The largest absolute Gasteiger partial charge is 0.350 e. The lowest BCUT2D eigenvalue weighted by molar-refractivity contribution is 0.0938. The summed E-state index contributed by atoms with van der Waals surface area (Å²) in [5.41, 5.74) is 3.08. The minimum absolute atomic E-state index is 0.0139. The van der Waals surface area contributed by atoms with Crippen LogP contribution in [0.5, 0.6) is 0 Å². The standard InChI is InChI=1S/C18H20BrNO/c1-13-10-16(12-17(19)11-13)18(21)20-14(2)8-9-15-6-4-3-5-7-15/h3-7,10-12,14H,8-9H2,1-2H3,(H,20,21). The van der Waals surface area contributed by atoms with Crippen LogP contribution in [0, 0.1) is 6.92 Å². The molecule has 110 valence electrons. The molecule has 0 saturated carbocycles. The van der Waals surface area contributed by atoms with Crippen molar-refractivity contribution in [3.8, 4) is 0 Å². The molecular weight excluding hydrogens is 326 g/mol. The van der Waals surface area contributed by atoms with Crippen LogP contribution in [-0.4, -0.2) is 11.9 Å². The van der Waals surface area contributed by atoms with Crippen LogP contribution in [0.1, 0.15) is 34.8 Å². The van der Waals surface area contributed by atoms with Crippen LogP contribution in [0.25, 0.3) is 0 Å². The summed E-state index contributed by atoms with van der Waals surface area (Å²) in [4.78, 5) is 12.2. The molecule has 0 saturated heterocycles. The average Bonchev–Trinajstić information content (AvgIpc) is 2.45. The summed E-state index contributed by atoms with van der Waals surface area (Å²) in [6.45, 7) is 4.03. The first-order valence-electron chi connectivity index (χ1n) is 7.16. The number of carbonyl (C=O) groups is 1. The summed E-state index contributed by atoms with van der Waals surface area (Å²) in [6, 6.07) is 16.2. The number of benzene rings is 2. The second-order valence-electron chi connectivity index (χ2n) is 5.42. The van der Waals surface area contributed by atoms with Crippen LogP contribution < -0.4 is 5.32 Å². The van der Waals surface area contributed by atoms with E-state index >= 15 is 0 Å². The Balaban J connectivity index is 1.90. The predicted octanol–water partition coefficient (Wildman–Crippen LogP) is 4.51. The maximum atomic E-state index is 12.2. The summed E-state index contributed by atoms with van der Waals surface area (Å²) in [5.74, 6) is -0.0139. The molecule has 21 heavy (non-hydrogen) atoms. The van der Waals surface area contributed by atoms with Gasteiger partial charge in [-0.05, 0) is 56.0 Å². The zero-order chi connectivity index (χ0) is 15.2. The van der Waals surface area contributed by atoms with Crippen molar-refractivity contribution < 1.29 is 4.79 Å². The van der Waals surface area contributed by atoms with Crippen molar-refractivity contribution in [2.24, 2.45) is 0 Å². The zero-order valence-electron chi connectivity index (χ0n) is 12.4. The van der Waals surface area contributed by atoms with Crippen molar-refractivity contribution in [2.75, 3.05) is 0 Å². The topological polar surface area (TPSA) is 29.1 Å². The highest BCUT2D eigenvalue weighted by molar-refractivity contribution is 9.10. The normalized spacial score (nSPS) is 12.0. The Kier molecular flexibility index (Phi) is 5.57. The third-order valence-electron chi connectivity index (χ3n) is 3.39. The molecule has 0 radical (unpaired) electrons. The molecule has 2 aromatic rings. The Morgan fingerprint density at radius 2 is 1.90 bits per heavy atom. The average molecular weight is 346 g/mol. The quantitative estimate of drug-likeness (QED) is 0.848. The first kappa shape index (κ1) is 15.8. The van der Waals surface area contributed by atoms with Crippen molar-refractivity contribution in [1.82, 2.24) is 5.32 Å². The Morgan fingerprint density at radius 3 is 2.57 bits per heavy atom. The Labute approximate surface area is 134 Å². The number of hydrogen-bond donors (Lipinski definition) is 1. The molecule has 3 heteroatoms. The highest BCUT2D eigenvalue weighted by Gasteiger charge is 2.10. The van der Waals surface area contributed by atoms with Gasteiger partial charge in [-0.3, -0.25) is 4.79 Å². The third kappa shape index (κ3) is 5.01. The van der Waals surface area contributed by atoms with Gasteiger partial charge < -0.3 is 5.32 Å². The minimum Gasteiger partial charge on any atom is -0.350 e. The lowest BCUT2D eigenvalue weighted by Crippen LogP contribution is -2.32. The molecule has 0 aliphatic rings. The molecular formula is C18H20BrNO. The number of nitrogens with one attached hydrogen (secondary N) is 1. The highest BCUT2D eigenvalue weighted by Crippen LogP contribution is 2.15. The molecule has 1 unspecified atom stereocenters. The number of amides is 1. The van der Waals surface area contributed by atoms with Gasteiger partial charge in [-0.25, -0.2) is 0 Å². The lowest BCUT2D eigenvalue weighted by atomic mass is 10.1. The van der Waals surface area contributed by atoms with Crippen molar-refractivity contribution in [3.63, 3.8) is 0 Å². The van der Waals surface area contributed by atoms with E-state index in [0.717, 1.165) is 22.9 Å². The van der Waals surface area contributed by atoms with Gasteiger partial charge in [0, 0.05) is 16.1 Å². The molecule has 0 aliphatic carbocycles.